The largest absolute Gasteiger partial charge is 0.389 e. The van der Waals surface area contributed by atoms with Gasteiger partial charge in [0.15, 0.2) is 5.13 Å². The maximum absolute atomic E-state index is 12.4. The second-order valence-corrected chi connectivity index (χ2v) is 7.40. The Morgan fingerprint density at radius 2 is 1.88 bits per heavy atom. The van der Waals surface area contributed by atoms with Crippen LogP contribution in [0.1, 0.15) is 36.9 Å². The second kappa shape index (κ2) is 7.26. The van der Waals surface area contributed by atoms with Crippen molar-refractivity contribution in [3.63, 3.8) is 0 Å². The van der Waals surface area contributed by atoms with Crippen LogP contribution in [0.25, 0.3) is 0 Å². The summed E-state index contributed by atoms with van der Waals surface area (Å²) in [6.45, 7) is 0.812. The van der Waals surface area contributed by atoms with Crippen molar-refractivity contribution < 1.29 is 18.0 Å². The lowest BCUT2D eigenvalue weighted by Gasteiger charge is -2.41. The normalized spacial score (nSPS) is 17.3. The zero-order valence-electron chi connectivity index (χ0n) is 14.1. The van der Waals surface area contributed by atoms with Gasteiger partial charge >= 0.3 is 6.18 Å². The Morgan fingerprint density at radius 3 is 2.42 bits per heavy atom. The number of amides is 1. The highest BCUT2D eigenvalue weighted by Gasteiger charge is 2.41. The van der Waals surface area contributed by atoms with E-state index in [1.165, 1.54) is 16.2 Å². The number of halogens is 3. The lowest BCUT2D eigenvalue weighted by molar-refractivity contribution is -0.149. The van der Waals surface area contributed by atoms with Gasteiger partial charge in [-0.05, 0) is 18.4 Å². The van der Waals surface area contributed by atoms with Crippen LogP contribution < -0.4 is 5.73 Å². The second-order valence-electron chi connectivity index (χ2n) is 6.52. The van der Waals surface area contributed by atoms with Gasteiger partial charge in [-0.1, -0.05) is 30.3 Å². The number of alkyl halides is 3. The number of rotatable bonds is 4. The van der Waals surface area contributed by atoms with E-state index < -0.39 is 24.9 Å². The fraction of sp³-hybridized carbons (Fsp3) is 0.444. The van der Waals surface area contributed by atoms with E-state index in [-0.39, 0.29) is 5.41 Å². The van der Waals surface area contributed by atoms with E-state index in [1.807, 2.05) is 35.7 Å². The van der Waals surface area contributed by atoms with Gasteiger partial charge in [0, 0.05) is 30.3 Å². The average molecular weight is 383 g/mol. The van der Waals surface area contributed by atoms with Crippen LogP contribution in [0.3, 0.4) is 0 Å². The lowest BCUT2D eigenvalue weighted by atomic mass is 9.70. The maximum atomic E-state index is 12.4. The van der Waals surface area contributed by atoms with Crippen molar-refractivity contribution in [2.45, 2.75) is 37.3 Å². The number of likely N-dealkylation sites (tertiary alicyclic amines) is 1. The van der Waals surface area contributed by atoms with Crippen LogP contribution in [0.4, 0.5) is 18.3 Å². The van der Waals surface area contributed by atoms with Gasteiger partial charge in [-0.25, -0.2) is 4.98 Å². The first-order chi connectivity index (χ1) is 12.3. The summed E-state index contributed by atoms with van der Waals surface area (Å²) in [5.74, 6) is -0.443. The molecule has 0 saturated carbocycles. The molecule has 0 aliphatic carbocycles. The smallest absolute Gasteiger partial charge is 0.375 e. The molecule has 2 N–H and O–H groups in total. The summed E-state index contributed by atoms with van der Waals surface area (Å²) >= 11 is 1.37. The summed E-state index contributed by atoms with van der Waals surface area (Å²) in [6.07, 6.45) is -4.66. The molecule has 0 bridgehead atoms. The van der Waals surface area contributed by atoms with Gasteiger partial charge in [0.2, 0.25) is 5.91 Å². The van der Waals surface area contributed by atoms with Crippen LogP contribution in [0.5, 0.6) is 0 Å². The molecule has 3 rings (SSSR count). The summed E-state index contributed by atoms with van der Waals surface area (Å²) in [6, 6.07) is 9.89. The standard InChI is InChI=1S/C18H20F3N3OS/c19-18(20,21)7-6-15(25)24-10-8-17(9-11-24,13-4-2-1-3-5-13)14-12-26-16(22)23-14/h1-5,12H,6-11H2,(H2,22,23). The topological polar surface area (TPSA) is 59.2 Å². The Balaban J connectivity index is 1.77. The number of anilines is 1. The van der Waals surface area contributed by atoms with Gasteiger partial charge in [-0.15, -0.1) is 11.3 Å². The first-order valence-electron chi connectivity index (χ1n) is 8.42. The third kappa shape index (κ3) is 4.00. The predicted octanol–water partition coefficient (Wildman–Crippen LogP) is 3.98. The number of carbonyl (C=O) groups is 1. The Morgan fingerprint density at radius 1 is 1.23 bits per heavy atom. The summed E-state index contributed by atoms with van der Waals surface area (Å²) in [4.78, 5) is 18.1. The zero-order valence-corrected chi connectivity index (χ0v) is 14.9. The van der Waals surface area contributed by atoms with Gasteiger partial charge in [-0.3, -0.25) is 4.79 Å². The number of hydrogen-bond acceptors (Lipinski definition) is 4. The van der Waals surface area contributed by atoms with Gasteiger partial charge in [-0.2, -0.15) is 13.2 Å². The quantitative estimate of drug-likeness (QED) is 0.869. The highest BCUT2D eigenvalue weighted by Crippen LogP contribution is 2.42. The molecular formula is C18H20F3N3OS. The molecule has 1 fully saturated rings. The highest BCUT2D eigenvalue weighted by atomic mass is 32.1. The van der Waals surface area contributed by atoms with E-state index in [2.05, 4.69) is 4.98 Å². The molecule has 1 aliphatic heterocycles. The molecule has 140 valence electrons. The summed E-state index contributed by atoms with van der Waals surface area (Å²) in [7, 11) is 0. The molecule has 8 heteroatoms. The van der Waals surface area contributed by atoms with Crippen LogP contribution in [0, 0.1) is 0 Å². The number of hydrogen-bond donors (Lipinski definition) is 1. The third-order valence-corrected chi connectivity index (χ3v) is 5.60. The van der Waals surface area contributed by atoms with Gasteiger partial charge in [0.25, 0.3) is 0 Å². The van der Waals surface area contributed by atoms with Crippen molar-refractivity contribution in [3.8, 4) is 0 Å². The molecule has 1 aromatic heterocycles. The fourth-order valence-corrected chi connectivity index (χ4v) is 4.16. The molecule has 2 heterocycles. The van der Waals surface area contributed by atoms with Crippen molar-refractivity contribution >= 4 is 22.4 Å². The number of nitrogens with zero attached hydrogens (tertiary/aromatic N) is 2. The van der Waals surface area contributed by atoms with Crippen molar-refractivity contribution in [3.05, 3.63) is 47.0 Å². The van der Waals surface area contributed by atoms with E-state index in [1.54, 1.807) is 0 Å². The zero-order chi connectivity index (χ0) is 18.8. The van der Waals surface area contributed by atoms with Crippen molar-refractivity contribution in [2.24, 2.45) is 0 Å². The molecule has 0 radical (unpaired) electrons. The van der Waals surface area contributed by atoms with Crippen LogP contribution in [-0.4, -0.2) is 35.1 Å². The Labute approximate surface area is 153 Å². The molecule has 1 aliphatic rings. The summed E-state index contributed by atoms with van der Waals surface area (Å²) in [5, 5.41) is 2.42. The van der Waals surface area contributed by atoms with E-state index in [4.69, 9.17) is 5.73 Å². The minimum atomic E-state index is -4.31. The van der Waals surface area contributed by atoms with Crippen molar-refractivity contribution in [1.29, 1.82) is 0 Å². The Bertz CT molecular complexity index is 753. The Hall–Kier alpha value is -2.09. The molecule has 0 atom stereocenters. The predicted molar refractivity (Wildman–Crippen MR) is 94.9 cm³/mol. The Kier molecular flexibility index (Phi) is 5.22. The van der Waals surface area contributed by atoms with Crippen LogP contribution in [0.15, 0.2) is 35.7 Å². The number of nitrogen functional groups attached to an aromatic ring is 1. The lowest BCUT2D eigenvalue weighted by Crippen LogP contribution is -2.46. The molecule has 0 unspecified atom stereocenters. The number of nitrogens with two attached hydrogens (primary N) is 1. The summed E-state index contributed by atoms with van der Waals surface area (Å²) in [5.41, 5.74) is 7.41. The van der Waals surface area contributed by atoms with Crippen LogP contribution >= 0.6 is 11.3 Å². The SMILES string of the molecule is Nc1nc(C2(c3ccccc3)CCN(C(=O)CCC(F)(F)F)CC2)cs1. The highest BCUT2D eigenvalue weighted by molar-refractivity contribution is 7.13. The van der Waals surface area contributed by atoms with E-state index in [0.29, 0.717) is 31.1 Å². The van der Waals surface area contributed by atoms with Gasteiger partial charge < -0.3 is 10.6 Å². The van der Waals surface area contributed by atoms with Gasteiger partial charge in [0.05, 0.1) is 12.1 Å². The molecule has 1 saturated heterocycles. The minimum Gasteiger partial charge on any atom is -0.375 e. The van der Waals surface area contributed by atoms with Crippen LogP contribution in [0.2, 0.25) is 0 Å². The third-order valence-electron chi connectivity index (χ3n) is 4.93. The van der Waals surface area contributed by atoms with E-state index >= 15 is 0 Å². The number of carbonyl (C=O) groups excluding carboxylic acids is 1. The monoisotopic (exact) mass is 383 g/mol. The van der Waals surface area contributed by atoms with Crippen molar-refractivity contribution in [2.75, 3.05) is 18.8 Å². The number of piperidine rings is 1. The van der Waals surface area contributed by atoms with E-state index in [0.717, 1.165) is 11.3 Å². The minimum absolute atomic E-state index is 0.365. The van der Waals surface area contributed by atoms with Crippen molar-refractivity contribution in [1.82, 2.24) is 9.88 Å². The van der Waals surface area contributed by atoms with Crippen LogP contribution in [-0.2, 0) is 10.2 Å². The number of thiazole rings is 1. The first kappa shape index (κ1) is 18.7. The molecule has 1 aromatic carbocycles. The molecule has 4 nitrogen and oxygen atoms in total. The fourth-order valence-electron chi connectivity index (χ4n) is 3.50. The molecule has 26 heavy (non-hydrogen) atoms. The first-order valence-corrected chi connectivity index (χ1v) is 9.30. The number of benzene rings is 1. The molecular weight excluding hydrogens is 363 g/mol. The molecule has 0 spiro atoms. The van der Waals surface area contributed by atoms with Gasteiger partial charge in [0.1, 0.15) is 0 Å². The molecule has 2 aromatic rings. The molecule has 1 amide bonds. The summed E-state index contributed by atoms with van der Waals surface area (Å²) < 4.78 is 37.1. The maximum Gasteiger partial charge on any atom is 0.389 e. The van der Waals surface area contributed by atoms with E-state index in [9.17, 15) is 18.0 Å². The average Bonchev–Trinajstić information content (AvgIpc) is 3.07. The number of aromatic nitrogens is 1.